The second kappa shape index (κ2) is 6.71. The number of para-hydroxylation sites is 1. The fraction of sp³-hybridized carbons (Fsp3) is 0.300. The van der Waals surface area contributed by atoms with E-state index in [2.05, 4.69) is 4.98 Å². The molecule has 2 aromatic heterocycles. The van der Waals surface area contributed by atoms with E-state index < -0.39 is 5.63 Å². The van der Waals surface area contributed by atoms with Crippen LogP contribution in [0.3, 0.4) is 0 Å². The lowest BCUT2D eigenvalue weighted by atomic mass is 10.1. The Hall–Kier alpha value is -3.02. The van der Waals surface area contributed by atoms with E-state index in [-0.39, 0.29) is 12.0 Å². The van der Waals surface area contributed by atoms with Gasteiger partial charge in [0, 0.05) is 49.1 Å². The first-order chi connectivity index (χ1) is 12.6. The van der Waals surface area contributed by atoms with Crippen LogP contribution in [0.1, 0.15) is 29.0 Å². The zero-order chi connectivity index (χ0) is 18.1. The monoisotopic (exact) mass is 352 g/mol. The summed E-state index contributed by atoms with van der Waals surface area (Å²) in [6.45, 7) is 2.98. The van der Waals surface area contributed by atoms with E-state index in [4.69, 9.17) is 9.15 Å². The summed E-state index contributed by atoms with van der Waals surface area (Å²) in [5, 5.41) is 0.947. The van der Waals surface area contributed by atoms with Crippen LogP contribution in [0.5, 0.6) is 5.75 Å². The maximum Gasteiger partial charge on any atom is 0.339 e. The standard InChI is InChI=1S/C20H20N2O4/c1-13-10-15(11-19(23)25-13)26-14-6-8-22(9-7-14)20(24)17-12-21-18-5-3-2-4-16(17)18/h2-5,10-12,14,21H,6-9H2,1H3. The number of piperidine rings is 1. The fourth-order valence-corrected chi connectivity index (χ4v) is 3.43. The summed E-state index contributed by atoms with van der Waals surface area (Å²) in [6.07, 6.45) is 3.23. The summed E-state index contributed by atoms with van der Waals surface area (Å²) in [7, 11) is 0. The van der Waals surface area contributed by atoms with Crippen LogP contribution in [0.25, 0.3) is 10.9 Å². The van der Waals surface area contributed by atoms with Crippen LogP contribution < -0.4 is 10.4 Å². The van der Waals surface area contributed by atoms with Crippen molar-refractivity contribution in [2.75, 3.05) is 13.1 Å². The Morgan fingerprint density at radius 2 is 2.00 bits per heavy atom. The average Bonchev–Trinajstić information content (AvgIpc) is 3.05. The van der Waals surface area contributed by atoms with Gasteiger partial charge in [0.1, 0.15) is 17.6 Å². The summed E-state index contributed by atoms with van der Waals surface area (Å²) < 4.78 is 10.8. The molecule has 1 fully saturated rings. The van der Waals surface area contributed by atoms with Gasteiger partial charge < -0.3 is 19.0 Å². The molecule has 1 amide bonds. The van der Waals surface area contributed by atoms with Crippen LogP contribution in [0, 0.1) is 6.92 Å². The molecule has 0 radical (unpaired) electrons. The van der Waals surface area contributed by atoms with Gasteiger partial charge in [-0.05, 0) is 13.0 Å². The summed E-state index contributed by atoms with van der Waals surface area (Å²) in [5.41, 5.74) is 1.26. The molecular formula is C20H20N2O4. The number of H-pyrrole nitrogens is 1. The van der Waals surface area contributed by atoms with Gasteiger partial charge in [0.25, 0.3) is 5.91 Å². The van der Waals surface area contributed by atoms with Gasteiger partial charge in [-0.2, -0.15) is 0 Å². The number of amides is 1. The summed E-state index contributed by atoms with van der Waals surface area (Å²) >= 11 is 0. The lowest BCUT2D eigenvalue weighted by Crippen LogP contribution is -2.41. The Morgan fingerprint density at radius 3 is 2.77 bits per heavy atom. The highest BCUT2D eigenvalue weighted by atomic mass is 16.5. The van der Waals surface area contributed by atoms with Crippen molar-refractivity contribution in [3.63, 3.8) is 0 Å². The number of carbonyl (C=O) groups excluding carboxylic acids is 1. The van der Waals surface area contributed by atoms with Crippen LogP contribution in [-0.2, 0) is 0 Å². The van der Waals surface area contributed by atoms with Crippen LogP contribution in [0.2, 0.25) is 0 Å². The number of likely N-dealkylation sites (tertiary alicyclic amines) is 1. The molecule has 3 aromatic rings. The fourth-order valence-electron chi connectivity index (χ4n) is 3.43. The van der Waals surface area contributed by atoms with Crippen LogP contribution >= 0.6 is 0 Å². The minimum atomic E-state index is -0.410. The third-order valence-electron chi connectivity index (χ3n) is 4.72. The van der Waals surface area contributed by atoms with E-state index in [1.54, 1.807) is 19.2 Å². The van der Waals surface area contributed by atoms with E-state index >= 15 is 0 Å². The number of rotatable bonds is 3. The zero-order valence-corrected chi connectivity index (χ0v) is 14.5. The SMILES string of the molecule is Cc1cc(OC2CCN(C(=O)c3c[nH]c4ccccc34)CC2)cc(=O)o1. The Morgan fingerprint density at radius 1 is 1.23 bits per heavy atom. The molecule has 0 spiro atoms. The van der Waals surface area contributed by atoms with Crippen molar-refractivity contribution in [3.05, 3.63) is 64.3 Å². The summed E-state index contributed by atoms with van der Waals surface area (Å²) in [6, 6.07) is 10.9. The lowest BCUT2D eigenvalue weighted by Gasteiger charge is -2.32. The number of fused-ring (bicyclic) bond motifs is 1. The molecule has 0 atom stereocenters. The van der Waals surface area contributed by atoms with Crippen LogP contribution in [0.15, 0.2) is 51.8 Å². The number of aryl methyl sites for hydroxylation is 1. The van der Waals surface area contributed by atoms with Crippen molar-refractivity contribution in [2.45, 2.75) is 25.9 Å². The second-order valence-electron chi connectivity index (χ2n) is 6.58. The highest BCUT2D eigenvalue weighted by Gasteiger charge is 2.26. The molecular weight excluding hydrogens is 332 g/mol. The van der Waals surface area contributed by atoms with Gasteiger partial charge in [0.2, 0.25) is 0 Å². The summed E-state index contributed by atoms with van der Waals surface area (Å²) in [5.74, 6) is 1.09. The number of aromatic amines is 1. The third kappa shape index (κ3) is 3.22. The Balaban J connectivity index is 1.41. The number of hydrogen-bond donors (Lipinski definition) is 1. The molecule has 6 nitrogen and oxygen atoms in total. The largest absolute Gasteiger partial charge is 0.490 e. The number of ether oxygens (including phenoxy) is 1. The van der Waals surface area contributed by atoms with E-state index in [0.29, 0.717) is 30.2 Å². The van der Waals surface area contributed by atoms with Crippen molar-refractivity contribution in [2.24, 2.45) is 0 Å². The van der Waals surface area contributed by atoms with Gasteiger partial charge in [0.05, 0.1) is 11.6 Å². The van der Waals surface area contributed by atoms with Gasteiger partial charge >= 0.3 is 5.63 Å². The van der Waals surface area contributed by atoms with Crippen LogP contribution in [-0.4, -0.2) is 35.0 Å². The number of carbonyl (C=O) groups is 1. The van der Waals surface area contributed by atoms with Crippen molar-refractivity contribution >= 4 is 16.8 Å². The van der Waals surface area contributed by atoms with E-state index in [9.17, 15) is 9.59 Å². The number of aromatic nitrogens is 1. The molecule has 0 bridgehead atoms. The number of nitrogens with one attached hydrogen (secondary N) is 1. The van der Waals surface area contributed by atoms with Crippen molar-refractivity contribution in [1.29, 1.82) is 0 Å². The highest BCUT2D eigenvalue weighted by Crippen LogP contribution is 2.23. The zero-order valence-electron chi connectivity index (χ0n) is 14.5. The number of nitrogens with zero attached hydrogens (tertiary/aromatic N) is 1. The Labute approximate surface area is 150 Å². The average molecular weight is 352 g/mol. The maximum atomic E-state index is 12.8. The first-order valence-electron chi connectivity index (χ1n) is 8.74. The van der Waals surface area contributed by atoms with Crippen LogP contribution in [0.4, 0.5) is 0 Å². The van der Waals surface area contributed by atoms with Gasteiger partial charge in [0.15, 0.2) is 0 Å². The smallest absolute Gasteiger partial charge is 0.339 e. The molecule has 0 unspecified atom stereocenters. The van der Waals surface area contributed by atoms with Gasteiger partial charge in [-0.15, -0.1) is 0 Å². The quantitative estimate of drug-likeness (QED) is 0.786. The highest BCUT2D eigenvalue weighted by molar-refractivity contribution is 6.06. The molecule has 1 aliphatic rings. The van der Waals surface area contributed by atoms with E-state index in [0.717, 1.165) is 23.7 Å². The molecule has 1 saturated heterocycles. The first-order valence-corrected chi connectivity index (χ1v) is 8.74. The van der Waals surface area contributed by atoms with Gasteiger partial charge in [-0.1, -0.05) is 18.2 Å². The number of benzene rings is 1. The normalized spacial score (nSPS) is 15.3. The van der Waals surface area contributed by atoms with Gasteiger partial charge in [-0.25, -0.2) is 4.79 Å². The molecule has 3 heterocycles. The van der Waals surface area contributed by atoms with E-state index in [1.165, 1.54) is 6.07 Å². The molecule has 1 N–H and O–H groups in total. The first kappa shape index (κ1) is 16.4. The molecule has 4 rings (SSSR count). The maximum absolute atomic E-state index is 12.8. The molecule has 0 aliphatic carbocycles. The lowest BCUT2D eigenvalue weighted by molar-refractivity contribution is 0.0596. The number of hydrogen-bond acceptors (Lipinski definition) is 4. The van der Waals surface area contributed by atoms with Crippen molar-refractivity contribution in [3.8, 4) is 5.75 Å². The molecule has 0 saturated carbocycles. The third-order valence-corrected chi connectivity index (χ3v) is 4.72. The molecule has 26 heavy (non-hydrogen) atoms. The molecule has 1 aromatic carbocycles. The van der Waals surface area contributed by atoms with Crippen molar-refractivity contribution < 1.29 is 13.9 Å². The topological polar surface area (TPSA) is 75.5 Å². The predicted octanol–water partition coefficient (Wildman–Crippen LogP) is 3.11. The molecule has 134 valence electrons. The molecule has 1 aliphatic heterocycles. The Bertz CT molecular complexity index is 996. The Kier molecular flexibility index (Phi) is 4.24. The van der Waals surface area contributed by atoms with E-state index in [1.807, 2.05) is 29.2 Å². The van der Waals surface area contributed by atoms with Gasteiger partial charge in [-0.3, -0.25) is 4.79 Å². The van der Waals surface area contributed by atoms with Crippen molar-refractivity contribution in [1.82, 2.24) is 9.88 Å². The minimum absolute atomic E-state index is 0.0109. The molecule has 6 heteroatoms. The second-order valence-corrected chi connectivity index (χ2v) is 6.58. The minimum Gasteiger partial charge on any atom is -0.490 e. The summed E-state index contributed by atoms with van der Waals surface area (Å²) in [4.78, 5) is 29.3. The predicted molar refractivity (Wildman–Crippen MR) is 97.6 cm³/mol.